The molecule has 0 amide bonds. The van der Waals surface area contributed by atoms with Gasteiger partial charge >= 0.3 is 6.18 Å². The minimum Gasteiger partial charge on any atom is -0.497 e. The lowest BCUT2D eigenvalue weighted by Crippen LogP contribution is -2.37. The topological polar surface area (TPSA) is 86.6 Å². The summed E-state index contributed by atoms with van der Waals surface area (Å²) < 4.78 is 47.0. The Morgan fingerprint density at radius 2 is 1.93 bits per heavy atom. The van der Waals surface area contributed by atoms with Crippen molar-refractivity contribution in [3.63, 3.8) is 0 Å². The molecule has 0 bridgehead atoms. The van der Waals surface area contributed by atoms with E-state index in [2.05, 4.69) is 4.98 Å². The number of hydrogen-bond donors (Lipinski definition) is 2. The zero-order valence-corrected chi connectivity index (χ0v) is 16.0. The number of hydrogen-bond acceptors (Lipinski definition) is 7. The van der Waals surface area contributed by atoms with Crippen LogP contribution in [0.25, 0.3) is 4.91 Å². The van der Waals surface area contributed by atoms with Gasteiger partial charge < -0.3 is 25.8 Å². The van der Waals surface area contributed by atoms with Gasteiger partial charge in [0.2, 0.25) is 0 Å². The highest BCUT2D eigenvalue weighted by Gasteiger charge is 2.32. The van der Waals surface area contributed by atoms with Crippen LogP contribution in [0.4, 0.5) is 18.9 Å². The van der Waals surface area contributed by atoms with Gasteiger partial charge in [0.15, 0.2) is 6.61 Å². The molecule has 2 aromatic rings. The molecule has 0 saturated heterocycles. The number of pyridine rings is 1. The van der Waals surface area contributed by atoms with Crippen molar-refractivity contribution in [2.45, 2.75) is 18.6 Å². The molecule has 4 N–H and O–H groups in total. The van der Waals surface area contributed by atoms with Crippen LogP contribution in [0.2, 0.25) is 0 Å². The number of rotatable bonds is 5. The second-order valence-electron chi connectivity index (χ2n) is 6.03. The number of nitrogens with two attached hydrogens (primary N) is 2. The van der Waals surface area contributed by atoms with Crippen LogP contribution in [0.1, 0.15) is 11.3 Å². The van der Waals surface area contributed by atoms with Gasteiger partial charge in [0.1, 0.15) is 22.8 Å². The van der Waals surface area contributed by atoms with Crippen molar-refractivity contribution in [3.05, 3.63) is 53.6 Å². The van der Waals surface area contributed by atoms with Crippen LogP contribution >= 0.6 is 11.8 Å². The fourth-order valence-corrected chi connectivity index (χ4v) is 3.71. The highest BCUT2D eigenvalue weighted by molar-refractivity contribution is 8.09. The van der Waals surface area contributed by atoms with E-state index < -0.39 is 18.3 Å². The van der Waals surface area contributed by atoms with Gasteiger partial charge in [-0.25, -0.2) is 0 Å². The van der Waals surface area contributed by atoms with Gasteiger partial charge in [0, 0.05) is 5.69 Å². The van der Waals surface area contributed by atoms with Crippen LogP contribution in [0.15, 0.2) is 42.3 Å². The fraction of sp³-hybridized carbons (Fsp3) is 0.278. The first kappa shape index (κ1) is 20.2. The van der Waals surface area contributed by atoms with Crippen molar-refractivity contribution < 1.29 is 22.6 Å². The smallest absolute Gasteiger partial charge is 0.422 e. The maximum absolute atomic E-state index is 12.3. The molecule has 28 heavy (non-hydrogen) atoms. The highest BCUT2D eigenvalue weighted by atomic mass is 32.2. The third-order valence-corrected chi connectivity index (χ3v) is 5.13. The first-order valence-corrected chi connectivity index (χ1v) is 9.09. The van der Waals surface area contributed by atoms with Crippen LogP contribution in [0.3, 0.4) is 0 Å². The van der Waals surface area contributed by atoms with E-state index in [1.165, 1.54) is 18.0 Å². The molecular formula is C18H19F3N4O2S. The Balaban J connectivity index is 1.86. The van der Waals surface area contributed by atoms with Gasteiger partial charge in [0.25, 0.3) is 0 Å². The molecule has 1 unspecified atom stereocenters. The molecule has 1 aliphatic rings. The van der Waals surface area contributed by atoms with Gasteiger partial charge in [0.05, 0.1) is 23.9 Å². The summed E-state index contributed by atoms with van der Waals surface area (Å²) in [6.45, 7) is 0.277. The molecule has 6 nitrogen and oxygen atoms in total. The molecule has 1 aromatic heterocycles. The molecule has 10 heteroatoms. The number of methoxy groups -OCH3 is 1. The second-order valence-corrected chi connectivity index (χ2v) is 7.16. The predicted octanol–water partition coefficient (Wildman–Crippen LogP) is 3.42. The van der Waals surface area contributed by atoms with Crippen molar-refractivity contribution in [2.75, 3.05) is 18.6 Å². The molecule has 1 atom stereocenters. The molecule has 150 valence electrons. The molecule has 1 aliphatic heterocycles. The zero-order valence-electron chi connectivity index (χ0n) is 15.2. The lowest BCUT2D eigenvalue weighted by Gasteiger charge is -2.24. The average Bonchev–Trinajstić information content (AvgIpc) is 2.94. The van der Waals surface area contributed by atoms with E-state index in [1.54, 1.807) is 37.1 Å². The van der Waals surface area contributed by atoms with Gasteiger partial charge in [-0.3, -0.25) is 4.98 Å². The first-order chi connectivity index (χ1) is 13.2. The van der Waals surface area contributed by atoms with Crippen LogP contribution in [0.5, 0.6) is 11.5 Å². The number of benzene rings is 1. The van der Waals surface area contributed by atoms with Crippen molar-refractivity contribution >= 4 is 22.4 Å². The quantitative estimate of drug-likeness (QED) is 0.778. The van der Waals surface area contributed by atoms with Crippen molar-refractivity contribution in [3.8, 4) is 11.5 Å². The maximum atomic E-state index is 12.3. The lowest BCUT2D eigenvalue weighted by atomic mass is 10.2. The van der Waals surface area contributed by atoms with Gasteiger partial charge in [-0.15, -0.1) is 0 Å². The molecule has 0 saturated carbocycles. The SMILES string of the molecule is COc1ccc(N2C(N)=C(c3cc(C)c(OCC(F)(F)F)cn3)SC2N)cc1. The molecule has 0 radical (unpaired) electrons. The molecule has 3 rings (SSSR count). The summed E-state index contributed by atoms with van der Waals surface area (Å²) >= 11 is 1.32. The summed E-state index contributed by atoms with van der Waals surface area (Å²) in [6, 6.07) is 8.90. The van der Waals surface area contributed by atoms with E-state index in [9.17, 15) is 13.2 Å². The van der Waals surface area contributed by atoms with Gasteiger partial charge in [-0.05, 0) is 42.8 Å². The van der Waals surface area contributed by atoms with E-state index >= 15 is 0 Å². The minimum absolute atomic E-state index is 0.0690. The Bertz CT molecular complexity index is 887. The first-order valence-electron chi connectivity index (χ1n) is 8.21. The van der Waals surface area contributed by atoms with Crippen LogP contribution < -0.4 is 25.8 Å². The van der Waals surface area contributed by atoms with E-state index in [1.807, 2.05) is 12.1 Å². The summed E-state index contributed by atoms with van der Waals surface area (Å²) in [4.78, 5) is 6.61. The van der Waals surface area contributed by atoms with Crippen molar-refractivity contribution in [1.29, 1.82) is 0 Å². The number of ether oxygens (including phenoxy) is 2. The zero-order chi connectivity index (χ0) is 20.5. The summed E-state index contributed by atoms with van der Waals surface area (Å²) in [6.07, 6.45) is -3.15. The number of aryl methyl sites for hydroxylation is 1. The number of anilines is 1. The van der Waals surface area contributed by atoms with Gasteiger partial charge in [-0.2, -0.15) is 13.2 Å². The number of alkyl halides is 3. The molecular weight excluding hydrogens is 393 g/mol. The van der Waals surface area contributed by atoms with Crippen molar-refractivity contribution in [1.82, 2.24) is 4.98 Å². The van der Waals surface area contributed by atoms with Gasteiger partial charge in [-0.1, -0.05) is 11.8 Å². The standard InChI is InChI=1S/C18H19F3N4O2S/c1-10-7-13(24-8-14(10)27-9-18(19,20)21)15-16(22)25(17(23)28-15)11-3-5-12(26-2)6-4-11/h3-8,17H,9,22-23H2,1-2H3. The minimum atomic E-state index is -4.41. The Morgan fingerprint density at radius 1 is 1.25 bits per heavy atom. The van der Waals surface area contributed by atoms with E-state index in [0.717, 1.165) is 5.69 Å². The largest absolute Gasteiger partial charge is 0.497 e. The number of aromatic nitrogens is 1. The molecule has 0 fully saturated rings. The summed E-state index contributed by atoms with van der Waals surface area (Å²) in [5.41, 5.74) is 13.9. The lowest BCUT2D eigenvalue weighted by molar-refractivity contribution is -0.153. The summed E-state index contributed by atoms with van der Waals surface area (Å²) in [5.74, 6) is 1.19. The highest BCUT2D eigenvalue weighted by Crippen LogP contribution is 2.42. The average molecular weight is 412 g/mol. The monoisotopic (exact) mass is 412 g/mol. The molecule has 1 aromatic carbocycles. The van der Waals surface area contributed by atoms with E-state index in [4.69, 9.17) is 20.9 Å². The number of halogens is 3. The molecule has 0 spiro atoms. The van der Waals surface area contributed by atoms with Crippen LogP contribution in [-0.2, 0) is 0 Å². The van der Waals surface area contributed by atoms with Crippen LogP contribution in [0, 0.1) is 6.92 Å². The normalized spacial score (nSPS) is 17.2. The third-order valence-electron chi connectivity index (χ3n) is 4.02. The second kappa shape index (κ2) is 7.80. The van der Waals surface area contributed by atoms with E-state index in [-0.39, 0.29) is 5.75 Å². The number of nitrogens with zero attached hydrogens (tertiary/aromatic N) is 2. The Hall–Kier alpha value is -2.59. The maximum Gasteiger partial charge on any atom is 0.422 e. The summed E-state index contributed by atoms with van der Waals surface area (Å²) in [5, 5.41) is 0. The Morgan fingerprint density at radius 3 is 2.50 bits per heavy atom. The summed E-state index contributed by atoms with van der Waals surface area (Å²) in [7, 11) is 1.58. The predicted molar refractivity (Wildman–Crippen MR) is 103 cm³/mol. The Labute approximate surface area is 164 Å². The molecule has 2 heterocycles. The fourth-order valence-electron chi connectivity index (χ4n) is 2.68. The van der Waals surface area contributed by atoms with Crippen LogP contribution in [-0.4, -0.2) is 30.4 Å². The third kappa shape index (κ3) is 4.28. The number of thioether (sulfide) groups is 1. The van der Waals surface area contributed by atoms with Crippen molar-refractivity contribution in [2.24, 2.45) is 11.5 Å². The molecule has 0 aliphatic carbocycles. The van der Waals surface area contributed by atoms with E-state index in [0.29, 0.717) is 27.7 Å². The Kier molecular flexibility index (Phi) is 5.61.